The molecule has 0 spiro atoms. The summed E-state index contributed by atoms with van der Waals surface area (Å²) in [6, 6.07) is 2.53. The lowest BCUT2D eigenvalue weighted by Gasteiger charge is -2.07. The molecule has 0 bridgehead atoms. The van der Waals surface area contributed by atoms with Crippen LogP contribution >= 0.6 is 0 Å². The molecule has 1 amide bonds. The number of rotatable bonds is 5. The monoisotopic (exact) mass is 288 g/mol. The molecule has 2 aromatic heterocycles. The highest BCUT2D eigenvalue weighted by Crippen LogP contribution is 2.38. The maximum atomic E-state index is 12.3. The number of carbonyl (C=O) groups is 1. The van der Waals surface area contributed by atoms with E-state index in [1.54, 1.807) is 0 Å². The van der Waals surface area contributed by atoms with Crippen molar-refractivity contribution in [1.82, 2.24) is 20.1 Å². The summed E-state index contributed by atoms with van der Waals surface area (Å²) in [4.78, 5) is 12.3. The lowest BCUT2D eigenvalue weighted by Crippen LogP contribution is -2.23. The van der Waals surface area contributed by atoms with Crippen molar-refractivity contribution in [2.45, 2.75) is 52.6 Å². The van der Waals surface area contributed by atoms with Crippen molar-refractivity contribution in [3.8, 4) is 0 Å². The highest BCUT2D eigenvalue weighted by molar-refractivity contribution is 5.95. The Balaban J connectivity index is 1.69. The Morgan fingerprint density at radius 1 is 1.38 bits per heavy atom. The average molecular weight is 288 g/mol. The van der Waals surface area contributed by atoms with Gasteiger partial charge in [0.05, 0.1) is 12.1 Å². The summed E-state index contributed by atoms with van der Waals surface area (Å²) in [5.41, 5.74) is 2.91. The molecule has 1 N–H and O–H groups in total. The average Bonchev–Trinajstić information content (AvgIpc) is 3.10. The Bertz CT molecular complexity index is 667. The molecule has 2 aromatic rings. The smallest absolute Gasteiger partial charge is 0.253 e. The molecular formula is C15H20N4O2. The summed E-state index contributed by atoms with van der Waals surface area (Å²) >= 11 is 0. The van der Waals surface area contributed by atoms with Crippen LogP contribution in [0, 0.1) is 13.8 Å². The predicted octanol–water partition coefficient (Wildman–Crippen LogP) is 2.32. The van der Waals surface area contributed by atoms with Gasteiger partial charge in [-0.3, -0.25) is 4.79 Å². The SMILES string of the molecule is CCc1nnc(CNC(=O)c2cc(C)n(C3CC3)c2C)o1. The summed E-state index contributed by atoms with van der Waals surface area (Å²) in [6.45, 7) is 6.26. The first-order valence-corrected chi connectivity index (χ1v) is 7.38. The maximum absolute atomic E-state index is 12.3. The lowest BCUT2D eigenvalue weighted by molar-refractivity contribution is 0.0946. The summed E-state index contributed by atoms with van der Waals surface area (Å²) in [6.07, 6.45) is 3.11. The summed E-state index contributed by atoms with van der Waals surface area (Å²) in [7, 11) is 0. The first kappa shape index (κ1) is 13.9. The maximum Gasteiger partial charge on any atom is 0.253 e. The molecule has 1 saturated carbocycles. The zero-order valence-corrected chi connectivity index (χ0v) is 12.6. The van der Waals surface area contributed by atoms with Crippen LogP contribution in [-0.2, 0) is 13.0 Å². The van der Waals surface area contributed by atoms with E-state index in [9.17, 15) is 4.79 Å². The summed E-state index contributed by atoms with van der Waals surface area (Å²) in [5.74, 6) is 0.939. The van der Waals surface area contributed by atoms with Gasteiger partial charge in [-0.15, -0.1) is 10.2 Å². The largest absolute Gasteiger partial charge is 0.423 e. The molecule has 0 aliphatic heterocycles. The second-order valence-electron chi connectivity index (χ2n) is 5.51. The van der Waals surface area contributed by atoms with Crippen molar-refractivity contribution < 1.29 is 9.21 Å². The number of nitrogens with one attached hydrogen (secondary N) is 1. The van der Waals surface area contributed by atoms with Crippen LogP contribution in [0.5, 0.6) is 0 Å². The number of hydrogen-bond donors (Lipinski definition) is 1. The number of carbonyl (C=O) groups excluding carboxylic acids is 1. The quantitative estimate of drug-likeness (QED) is 0.916. The van der Waals surface area contributed by atoms with Crippen molar-refractivity contribution in [3.05, 3.63) is 34.8 Å². The van der Waals surface area contributed by atoms with Gasteiger partial charge in [0.1, 0.15) is 0 Å². The minimum absolute atomic E-state index is 0.0914. The van der Waals surface area contributed by atoms with Crippen molar-refractivity contribution >= 4 is 5.91 Å². The van der Waals surface area contributed by atoms with Gasteiger partial charge in [0, 0.05) is 23.9 Å². The second kappa shape index (κ2) is 5.35. The fourth-order valence-corrected chi connectivity index (χ4v) is 2.66. The molecule has 2 heterocycles. The fraction of sp³-hybridized carbons (Fsp3) is 0.533. The number of nitrogens with zero attached hydrogens (tertiary/aromatic N) is 3. The van der Waals surface area contributed by atoms with Crippen LogP contribution in [0.15, 0.2) is 10.5 Å². The number of hydrogen-bond acceptors (Lipinski definition) is 4. The Kier molecular flexibility index (Phi) is 3.53. The minimum atomic E-state index is -0.0914. The molecule has 1 fully saturated rings. The third kappa shape index (κ3) is 2.70. The van der Waals surface area contributed by atoms with Gasteiger partial charge in [-0.25, -0.2) is 0 Å². The van der Waals surface area contributed by atoms with Gasteiger partial charge in [-0.1, -0.05) is 6.92 Å². The van der Waals surface area contributed by atoms with Gasteiger partial charge in [0.2, 0.25) is 11.8 Å². The van der Waals surface area contributed by atoms with E-state index in [4.69, 9.17) is 4.42 Å². The normalized spacial score (nSPS) is 14.4. The van der Waals surface area contributed by atoms with E-state index in [0.717, 1.165) is 17.0 Å². The summed E-state index contributed by atoms with van der Waals surface area (Å²) < 4.78 is 7.65. The molecule has 6 heteroatoms. The van der Waals surface area contributed by atoms with Crippen LogP contribution in [0.1, 0.15) is 59.3 Å². The molecule has 3 rings (SSSR count). The van der Waals surface area contributed by atoms with E-state index in [1.165, 1.54) is 12.8 Å². The minimum Gasteiger partial charge on any atom is -0.423 e. The molecule has 6 nitrogen and oxygen atoms in total. The third-order valence-electron chi connectivity index (χ3n) is 3.85. The molecule has 0 aromatic carbocycles. The van der Waals surface area contributed by atoms with Crippen LogP contribution in [0.4, 0.5) is 0 Å². The van der Waals surface area contributed by atoms with E-state index in [0.29, 0.717) is 24.2 Å². The molecule has 21 heavy (non-hydrogen) atoms. The molecule has 1 aliphatic rings. The highest BCUT2D eigenvalue weighted by atomic mass is 16.4. The first-order chi connectivity index (χ1) is 10.1. The van der Waals surface area contributed by atoms with Gasteiger partial charge < -0.3 is 14.3 Å². The zero-order valence-electron chi connectivity index (χ0n) is 12.6. The van der Waals surface area contributed by atoms with Gasteiger partial charge in [0.15, 0.2) is 0 Å². The Morgan fingerprint density at radius 3 is 2.71 bits per heavy atom. The molecule has 1 aliphatic carbocycles. The Labute approximate surface area is 123 Å². The predicted molar refractivity (Wildman–Crippen MR) is 77.0 cm³/mol. The Morgan fingerprint density at radius 2 is 2.10 bits per heavy atom. The first-order valence-electron chi connectivity index (χ1n) is 7.38. The van der Waals surface area contributed by atoms with Gasteiger partial charge in [-0.05, 0) is 32.8 Å². The van der Waals surface area contributed by atoms with E-state index in [1.807, 2.05) is 26.8 Å². The topological polar surface area (TPSA) is 73.0 Å². The molecule has 112 valence electrons. The van der Waals surface area contributed by atoms with Gasteiger partial charge >= 0.3 is 0 Å². The highest BCUT2D eigenvalue weighted by Gasteiger charge is 2.28. The lowest BCUT2D eigenvalue weighted by atomic mass is 10.2. The summed E-state index contributed by atoms with van der Waals surface area (Å²) in [5, 5.41) is 10.6. The van der Waals surface area contributed by atoms with Crippen LogP contribution in [-0.4, -0.2) is 20.7 Å². The third-order valence-corrected chi connectivity index (χ3v) is 3.85. The van der Waals surface area contributed by atoms with Crippen LogP contribution in [0.2, 0.25) is 0 Å². The van der Waals surface area contributed by atoms with Crippen molar-refractivity contribution in [3.63, 3.8) is 0 Å². The number of aryl methyl sites for hydroxylation is 2. The van der Waals surface area contributed by atoms with Crippen molar-refractivity contribution in [1.29, 1.82) is 0 Å². The Hall–Kier alpha value is -2.11. The van der Waals surface area contributed by atoms with Crippen molar-refractivity contribution in [2.75, 3.05) is 0 Å². The van der Waals surface area contributed by atoms with E-state index in [-0.39, 0.29) is 12.5 Å². The van der Waals surface area contributed by atoms with Crippen molar-refractivity contribution in [2.24, 2.45) is 0 Å². The molecule has 0 saturated heterocycles. The van der Waals surface area contributed by atoms with Gasteiger partial charge in [-0.2, -0.15) is 0 Å². The molecular weight excluding hydrogens is 268 g/mol. The molecule has 0 unspecified atom stereocenters. The fourth-order valence-electron chi connectivity index (χ4n) is 2.66. The number of aromatic nitrogens is 3. The van der Waals surface area contributed by atoms with E-state index < -0.39 is 0 Å². The second-order valence-corrected chi connectivity index (χ2v) is 5.51. The number of amides is 1. The van der Waals surface area contributed by atoms with Crippen LogP contribution < -0.4 is 5.32 Å². The molecule has 0 radical (unpaired) electrons. The van der Waals surface area contributed by atoms with Gasteiger partial charge in [0.25, 0.3) is 5.91 Å². The van der Waals surface area contributed by atoms with Crippen LogP contribution in [0.25, 0.3) is 0 Å². The molecule has 0 atom stereocenters. The van der Waals surface area contributed by atoms with E-state index in [2.05, 4.69) is 20.1 Å². The van der Waals surface area contributed by atoms with Crippen LogP contribution in [0.3, 0.4) is 0 Å². The standard InChI is InChI=1S/C15H20N4O2/c1-4-13-17-18-14(21-13)8-16-15(20)12-7-9(2)19(10(12)3)11-5-6-11/h7,11H,4-6,8H2,1-3H3,(H,16,20). The van der Waals surface area contributed by atoms with E-state index >= 15 is 0 Å². The zero-order chi connectivity index (χ0) is 15.0.